The highest BCUT2D eigenvalue weighted by Gasteiger charge is 2.31. The van der Waals surface area contributed by atoms with Crippen LogP contribution in [0.2, 0.25) is 0 Å². The van der Waals surface area contributed by atoms with Crippen molar-refractivity contribution in [1.29, 1.82) is 0 Å². The molecule has 2 heterocycles. The summed E-state index contributed by atoms with van der Waals surface area (Å²) in [7, 11) is -3.64. The highest BCUT2D eigenvalue weighted by molar-refractivity contribution is 7.89. The molecule has 37 heavy (non-hydrogen) atoms. The van der Waals surface area contributed by atoms with Gasteiger partial charge in [-0.2, -0.15) is 9.30 Å². The Hall–Kier alpha value is -2.82. The highest BCUT2D eigenvalue weighted by atomic mass is 32.2. The van der Waals surface area contributed by atoms with E-state index in [0.717, 1.165) is 28.6 Å². The van der Waals surface area contributed by atoms with Gasteiger partial charge in [0.25, 0.3) is 5.91 Å². The van der Waals surface area contributed by atoms with E-state index in [1.807, 2.05) is 18.2 Å². The first-order chi connectivity index (χ1) is 17.6. The molecule has 198 valence electrons. The second-order valence-corrected chi connectivity index (χ2v) is 12.6. The lowest BCUT2D eigenvalue weighted by molar-refractivity contribution is -0.143. The highest BCUT2D eigenvalue weighted by Crippen LogP contribution is 2.27. The van der Waals surface area contributed by atoms with Crippen LogP contribution in [0.1, 0.15) is 50.0 Å². The van der Waals surface area contributed by atoms with Crippen LogP contribution in [0.25, 0.3) is 10.2 Å². The Bertz CT molecular complexity index is 1460. The summed E-state index contributed by atoms with van der Waals surface area (Å²) in [6.45, 7) is 9.12. The first kappa shape index (κ1) is 27.2. The molecule has 8 nitrogen and oxygen atoms in total. The van der Waals surface area contributed by atoms with Crippen molar-refractivity contribution in [2.75, 3.05) is 19.7 Å². The molecule has 2 aromatic carbocycles. The van der Waals surface area contributed by atoms with E-state index in [0.29, 0.717) is 29.7 Å². The minimum Gasteiger partial charge on any atom is -0.465 e. The zero-order valence-electron chi connectivity index (χ0n) is 21.6. The molecule has 1 amide bonds. The van der Waals surface area contributed by atoms with Gasteiger partial charge in [-0.15, -0.1) is 0 Å². The third-order valence-corrected chi connectivity index (χ3v) is 9.41. The van der Waals surface area contributed by atoms with Gasteiger partial charge in [-0.25, -0.2) is 8.42 Å². The molecule has 0 aliphatic carbocycles. The number of hydrogen-bond acceptors (Lipinski definition) is 6. The first-order valence-corrected chi connectivity index (χ1v) is 14.8. The van der Waals surface area contributed by atoms with E-state index in [-0.39, 0.29) is 23.6 Å². The molecule has 1 aliphatic rings. The number of thiazole rings is 1. The smallest absolute Gasteiger partial charge is 0.326 e. The van der Waals surface area contributed by atoms with Crippen LogP contribution in [-0.2, 0) is 32.5 Å². The number of rotatable bonds is 7. The van der Waals surface area contributed by atoms with Crippen LogP contribution in [0, 0.1) is 11.8 Å². The van der Waals surface area contributed by atoms with Crippen molar-refractivity contribution in [3.05, 3.63) is 58.4 Å². The van der Waals surface area contributed by atoms with E-state index < -0.39 is 21.9 Å². The molecule has 0 bridgehead atoms. The fourth-order valence-electron chi connectivity index (χ4n) is 4.78. The Morgan fingerprint density at radius 3 is 2.35 bits per heavy atom. The number of piperidine rings is 1. The number of carbonyl (C=O) groups is 2. The third-order valence-electron chi connectivity index (χ3n) is 6.52. The largest absolute Gasteiger partial charge is 0.465 e. The lowest BCUT2D eigenvalue weighted by Crippen LogP contribution is -2.42. The molecule has 1 saturated heterocycles. The molecule has 10 heteroatoms. The molecule has 1 aliphatic heterocycles. The summed E-state index contributed by atoms with van der Waals surface area (Å²) in [6.07, 6.45) is 1.87. The number of sulfonamides is 1. The van der Waals surface area contributed by atoms with Crippen LogP contribution in [0.15, 0.2) is 52.4 Å². The Morgan fingerprint density at radius 2 is 1.73 bits per heavy atom. The normalized spacial score (nSPS) is 19.3. The van der Waals surface area contributed by atoms with E-state index in [2.05, 4.69) is 25.8 Å². The Balaban J connectivity index is 1.65. The molecule has 2 atom stereocenters. The predicted octanol–water partition coefficient (Wildman–Crippen LogP) is 4.24. The topological polar surface area (TPSA) is 98.0 Å². The van der Waals surface area contributed by atoms with Crippen LogP contribution in [0.5, 0.6) is 0 Å². The zero-order chi connectivity index (χ0) is 26.7. The number of aryl methyl sites for hydroxylation is 1. The van der Waals surface area contributed by atoms with Crippen molar-refractivity contribution in [2.45, 2.75) is 52.0 Å². The average molecular weight is 544 g/mol. The van der Waals surface area contributed by atoms with E-state index in [1.54, 1.807) is 11.5 Å². The van der Waals surface area contributed by atoms with Crippen LogP contribution in [-0.4, -0.2) is 48.9 Å². The van der Waals surface area contributed by atoms with E-state index >= 15 is 0 Å². The van der Waals surface area contributed by atoms with Crippen LogP contribution in [0.3, 0.4) is 0 Å². The van der Waals surface area contributed by atoms with Crippen LogP contribution in [0.4, 0.5) is 0 Å². The van der Waals surface area contributed by atoms with Gasteiger partial charge in [-0.1, -0.05) is 38.2 Å². The quantitative estimate of drug-likeness (QED) is 0.415. The number of hydrogen-bond donors (Lipinski definition) is 0. The summed E-state index contributed by atoms with van der Waals surface area (Å²) in [5.41, 5.74) is 2.21. The zero-order valence-corrected chi connectivity index (χ0v) is 23.3. The molecule has 4 rings (SSSR count). The van der Waals surface area contributed by atoms with Gasteiger partial charge in [0, 0.05) is 18.7 Å². The lowest BCUT2D eigenvalue weighted by atomic mass is 9.94. The maximum Gasteiger partial charge on any atom is 0.326 e. The van der Waals surface area contributed by atoms with Crippen molar-refractivity contribution >= 4 is 43.5 Å². The molecular formula is C27H33N3O5S2. The first-order valence-electron chi connectivity index (χ1n) is 12.6. The van der Waals surface area contributed by atoms with E-state index in [4.69, 9.17) is 4.74 Å². The number of esters is 1. The van der Waals surface area contributed by atoms with Gasteiger partial charge in [-0.3, -0.25) is 9.59 Å². The van der Waals surface area contributed by atoms with Crippen molar-refractivity contribution in [3.63, 3.8) is 0 Å². The number of ether oxygens (including phenoxy) is 1. The minimum absolute atomic E-state index is 0.0602. The van der Waals surface area contributed by atoms with Gasteiger partial charge in [0.1, 0.15) is 6.54 Å². The van der Waals surface area contributed by atoms with Gasteiger partial charge in [0.05, 0.1) is 21.7 Å². The van der Waals surface area contributed by atoms with E-state index in [9.17, 15) is 18.0 Å². The third kappa shape index (κ3) is 6.02. The maximum absolute atomic E-state index is 13.2. The lowest BCUT2D eigenvalue weighted by Gasteiger charge is -2.34. The van der Waals surface area contributed by atoms with Crippen molar-refractivity contribution in [1.82, 2.24) is 8.87 Å². The van der Waals surface area contributed by atoms with E-state index in [1.165, 1.54) is 39.9 Å². The average Bonchev–Trinajstić information content (AvgIpc) is 3.19. The number of nitrogens with zero attached hydrogens (tertiary/aromatic N) is 3. The monoisotopic (exact) mass is 543 g/mol. The number of fused-ring (bicyclic) bond motifs is 1. The number of carbonyl (C=O) groups excluding carboxylic acids is 2. The molecule has 1 aromatic heterocycles. The summed E-state index contributed by atoms with van der Waals surface area (Å²) >= 11 is 1.33. The second-order valence-electron chi connectivity index (χ2n) is 9.64. The minimum atomic E-state index is -3.64. The van der Waals surface area contributed by atoms with Gasteiger partial charge < -0.3 is 9.30 Å². The molecule has 1 fully saturated rings. The summed E-state index contributed by atoms with van der Waals surface area (Å²) in [4.78, 5) is 30.2. The second kappa shape index (κ2) is 11.3. The summed E-state index contributed by atoms with van der Waals surface area (Å²) < 4.78 is 35.6. The van der Waals surface area contributed by atoms with Gasteiger partial charge in [0.15, 0.2) is 4.80 Å². The number of aromatic nitrogens is 1. The van der Waals surface area contributed by atoms with Crippen molar-refractivity contribution in [3.8, 4) is 0 Å². The predicted molar refractivity (Wildman–Crippen MR) is 144 cm³/mol. The SMILES string of the molecule is CCOC(=O)Cn1c(=NC(=O)c2ccc(S(=O)(=O)N3CC(C)CC(C)C3)cc2)sc2cc(CC)ccc21. The van der Waals surface area contributed by atoms with Crippen molar-refractivity contribution < 1.29 is 22.7 Å². The molecule has 0 N–H and O–H groups in total. The number of benzene rings is 2. The maximum atomic E-state index is 13.2. The standard InChI is InChI=1S/C27H33N3O5S2/c1-5-20-7-12-23-24(14-20)36-27(30(23)17-25(31)35-6-2)28-26(32)21-8-10-22(11-9-21)37(33,34)29-15-18(3)13-19(4)16-29/h7-12,14,18-19H,5-6,13,15-17H2,1-4H3. The molecule has 0 saturated carbocycles. The Kier molecular flexibility index (Phi) is 8.30. The van der Waals surface area contributed by atoms with Crippen molar-refractivity contribution in [2.24, 2.45) is 16.8 Å². The van der Waals surface area contributed by atoms with Gasteiger partial charge in [-0.05, 0) is 73.6 Å². The summed E-state index contributed by atoms with van der Waals surface area (Å²) in [5.74, 6) is -0.320. The van der Waals surface area contributed by atoms with Crippen LogP contribution >= 0.6 is 11.3 Å². The number of amides is 1. The molecule has 2 unspecified atom stereocenters. The molecule has 0 spiro atoms. The fourth-order valence-corrected chi connectivity index (χ4v) is 7.55. The Labute approximate surface area is 221 Å². The van der Waals surface area contributed by atoms with Crippen LogP contribution < -0.4 is 4.80 Å². The molecular weight excluding hydrogens is 510 g/mol. The summed E-state index contributed by atoms with van der Waals surface area (Å²) in [5, 5.41) is 0. The summed E-state index contributed by atoms with van der Waals surface area (Å²) in [6, 6.07) is 11.9. The van der Waals surface area contributed by atoms with Gasteiger partial charge >= 0.3 is 5.97 Å². The molecule has 3 aromatic rings. The molecule has 0 radical (unpaired) electrons. The fraction of sp³-hybridized carbons (Fsp3) is 0.444. The van der Waals surface area contributed by atoms with Gasteiger partial charge in [0.2, 0.25) is 10.0 Å². The Morgan fingerprint density at radius 1 is 1.05 bits per heavy atom.